The Labute approximate surface area is 532 Å². The monoisotopic (exact) mass is 1160 g/mol. The number of para-hydroxylation sites is 9. The molecule has 4 heterocycles. The number of hydrogen-bond acceptors (Lipinski definition) is 6. The molecule has 0 saturated carbocycles. The SMILES string of the molecule is CC1(C)C2=C(c3ccccc31)N(c1ccccc1)c1cc(N(c3ccccc3)c3ccccc3)cc3c1B2c1cc2c(cc1N3c1ccccc1)C1c3ccccc3N(c3ccccc3)c3cc(N(c4ccccc4)c4ccccc4)cc(c31)N2c1ccccc1. The number of benzene rings is 13. The highest BCUT2D eigenvalue weighted by Gasteiger charge is 2.54. The van der Waals surface area contributed by atoms with E-state index in [1.54, 1.807) is 0 Å². The van der Waals surface area contributed by atoms with Crippen LogP contribution in [0.1, 0.15) is 47.6 Å². The highest BCUT2D eigenvalue weighted by atomic mass is 15.2. The average molecular weight is 1170 g/mol. The van der Waals surface area contributed by atoms with Crippen molar-refractivity contribution in [2.45, 2.75) is 25.2 Å². The van der Waals surface area contributed by atoms with E-state index in [2.05, 4.69) is 371 Å². The van der Waals surface area contributed by atoms with Crippen LogP contribution in [-0.4, -0.2) is 6.71 Å². The molecule has 0 fully saturated rings. The molecule has 7 heteroatoms. The van der Waals surface area contributed by atoms with Gasteiger partial charge in [0.15, 0.2) is 0 Å². The Morgan fingerprint density at radius 2 is 0.681 bits per heavy atom. The van der Waals surface area contributed by atoms with Gasteiger partial charge in [0, 0.05) is 96.4 Å². The van der Waals surface area contributed by atoms with Gasteiger partial charge in [-0.1, -0.05) is 207 Å². The first-order valence-corrected chi connectivity index (χ1v) is 31.7. The van der Waals surface area contributed by atoms with Crippen molar-refractivity contribution in [2.24, 2.45) is 0 Å². The van der Waals surface area contributed by atoms with E-state index in [1.807, 2.05) is 0 Å². The highest BCUT2D eigenvalue weighted by molar-refractivity contribution is 6.96. The first-order valence-electron chi connectivity index (χ1n) is 31.7. The van der Waals surface area contributed by atoms with Crippen LogP contribution in [0.2, 0.25) is 0 Å². The largest absolute Gasteiger partial charge is 0.311 e. The van der Waals surface area contributed by atoms with Crippen molar-refractivity contribution in [1.29, 1.82) is 0 Å². The normalized spacial score (nSPS) is 15.0. The Hall–Kier alpha value is -11.5. The summed E-state index contributed by atoms with van der Waals surface area (Å²) in [6, 6.07) is 121. The maximum absolute atomic E-state index is 2.63. The van der Waals surface area contributed by atoms with Crippen molar-refractivity contribution in [3.8, 4) is 0 Å². The molecule has 91 heavy (non-hydrogen) atoms. The first-order chi connectivity index (χ1) is 45.0. The molecule has 1 aliphatic carbocycles. The maximum atomic E-state index is 2.63. The van der Waals surface area contributed by atoms with Crippen LogP contribution in [0.4, 0.5) is 96.7 Å². The molecule has 0 aromatic heterocycles. The fourth-order valence-corrected chi connectivity index (χ4v) is 15.8. The second-order valence-electron chi connectivity index (χ2n) is 24.8. The molecule has 4 aliphatic heterocycles. The molecule has 0 radical (unpaired) electrons. The van der Waals surface area contributed by atoms with Crippen LogP contribution >= 0.6 is 0 Å². The second kappa shape index (κ2) is 20.8. The second-order valence-corrected chi connectivity index (χ2v) is 24.8. The fourth-order valence-electron chi connectivity index (χ4n) is 15.8. The molecule has 6 nitrogen and oxygen atoms in total. The molecule has 430 valence electrons. The summed E-state index contributed by atoms with van der Waals surface area (Å²) in [5, 5.41) is 0. The third kappa shape index (κ3) is 8.07. The predicted octanol–water partition coefficient (Wildman–Crippen LogP) is 21.2. The Morgan fingerprint density at radius 3 is 1.16 bits per heavy atom. The molecule has 13 aromatic rings. The first kappa shape index (κ1) is 52.6. The van der Waals surface area contributed by atoms with E-state index >= 15 is 0 Å². The lowest BCUT2D eigenvalue weighted by atomic mass is 9.30. The highest BCUT2D eigenvalue weighted by Crippen LogP contribution is 2.64. The predicted molar refractivity (Wildman–Crippen MR) is 381 cm³/mol. The van der Waals surface area contributed by atoms with E-state index < -0.39 is 5.41 Å². The molecule has 5 aliphatic rings. The molecule has 0 N–H and O–H groups in total. The van der Waals surface area contributed by atoms with Crippen LogP contribution in [0.3, 0.4) is 0 Å². The third-order valence-electron chi connectivity index (χ3n) is 19.5. The summed E-state index contributed by atoms with van der Waals surface area (Å²) in [6.07, 6.45) is 0. The summed E-state index contributed by atoms with van der Waals surface area (Å²) in [5.74, 6) is -0.174. The fraction of sp³-hybridized carbons (Fsp3) is 0.0476. The van der Waals surface area contributed by atoms with Crippen LogP contribution in [0.15, 0.2) is 333 Å². The molecule has 1 atom stereocenters. The Kier molecular flexibility index (Phi) is 12.0. The van der Waals surface area contributed by atoms with Gasteiger partial charge >= 0.3 is 0 Å². The van der Waals surface area contributed by atoms with Gasteiger partial charge in [-0.25, -0.2) is 0 Å². The molecule has 0 saturated heterocycles. The van der Waals surface area contributed by atoms with Crippen LogP contribution < -0.4 is 40.3 Å². The van der Waals surface area contributed by atoms with Gasteiger partial charge in [0.1, 0.15) is 0 Å². The van der Waals surface area contributed by atoms with E-state index in [0.29, 0.717) is 0 Å². The summed E-state index contributed by atoms with van der Waals surface area (Å²) < 4.78 is 0. The Balaban J connectivity index is 0.985. The van der Waals surface area contributed by atoms with Crippen LogP contribution in [0.25, 0.3) is 5.70 Å². The standard InChI is InChI=1S/C84H61BN6/c1-84(2)70-49-29-27-47-67(70)82-83(84)85-71-56-73-69(55-74(71)90(63-43-23-9-24-44-63)77-53-66(54-78(81(77)85)91(82)64-45-25-10-26-46-64)87(59-35-15-5-16-36-59)60-37-17-6-18-38-60)79-68-48-28-30-50-72(68)88(61-39-19-7-20-40-61)75-51-65(52-76(80(75)79)89(73)62-41-21-8-22-42-62)86(57-31-11-3-12-32-57)58-33-13-4-14-34-58/h3-56,79H,1-2H3. The van der Waals surface area contributed by atoms with E-state index in [-0.39, 0.29) is 12.6 Å². The number of fused-ring (bicyclic) bond motifs is 9. The van der Waals surface area contributed by atoms with E-state index in [0.717, 1.165) is 91.0 Å². The average Bonchev–Trinajstić information content (AvgIpc) is 1.68. The topological polar surface area (TPSA) is 19.4 Å². The van der Waals surface area contributed by atoms with Crippen molar-refractivity contribution in [1.82, 2.24) is 0 Å². The third-order valence-corrected chi connectivity index (χ3v) is 19.5. The quantitative estimate of drug-likeness (QED) is 0.126. The number of allylic oxidation sites excluding steroid dienone is 1. The van der Waals surface area contributed by atoms with E-state index in [1.165, 1.54) is 55.6 Å². The van der Waals surface area contributed by atoms with Gasteiger partial charge in [-0.05, 0) is 167 Å². The van der Waals surface area contributed by atoms with Gasteiger partial charge in [0.25, 0.3) is 0 Å². The van der Waals surface area contributed by atoms with Gasteiger partial charge in [0.05, 0.1) is 28.4 Å². The molecule has 0 bridgehead atoms. The Morgan fingerprint density at radius 1 is 0.308 bits per heavy atom. The maximum Gasteiger partial charge on any atom is 0.248 e. The van der Waals surface area contributed by atoms with Crippen LogP contribution in [-0.2, 0) is 5.41 Å². The molecule has 0 spiro atoms. The molecule has 0 amide bonds. The molecular weight excluding hydrogens is 1100 g/mol. The van der Waals surface area contributed by atoms with Gasteiger partial charge < -0.3 is 29.4 Å². The molecule has 1 unspecified atom stereocenters. The number of rotatable bonds is 10. The molecular formula is C84H61BN6. The lowest BCUT2D eigenvalue weighted by molar-refractivity contribution is 0.666. The van der Waals surface area contributed by atoms with Crippen molar-refractivity contribution in [3.63, 3.8) is 0 Å². The van der Waals surface area contributed by atoms with Gasteiger partial charge in [-0.2, -0.15) is 0 Å². The van der Waals surface area contributed by atoms with Gasteiger partial charge in [-0.3, -0.25) is 0 Å². The smallest absolute Gasteiger partial charge is 0.248 e. The van der Waals surface area contributed by atoms with E-state index in [4.69, 9.17) is 0 Å². The number of hydrogen-bond donors (Lipinski definition) is 0. The van der Waals surface area contributed by atoms with E-state index in [9.17, 15) is 0 Å². The van der Waals surface area contributed by atoms with Gasteiger partial charge in [0.2, 0.25) is 6.71 Å². The van der Waals surface area contributed by atoms with Crippen molar-refractivity contribution < 1.29 is 0 Å². The minimum absolute atomic E-state index is 0.174. The minimum Gasteiger partial charge on any atom is -0.311 e. The lowest BCUT2D eigenvalue weighted by Gasteiger charge is -2.49. The summed E-state index contributed by atoms with van der Waals surface area (Å²) >= 11 is 0. The molecule has 13 aromatic carbocycles. The van der Waals surface area contributed by atoms with Crippen LogP contribution in [0.5, 0.6) is 0 Å². The Bertz CT molecular complexity index is 4910. The minimum atomic E-state index is -0.392. The van der Waals surface area contributed by atoms with Gasteiger partial charge in [-0.15, -0.1) is 0 Å². The number of nitrogens with zero attached hydrogens (tertiary/aromatic N) is 6. The zero-order valence-corrected chi connectivity index (χ0v) is 50.5. The van der Waals surface area contributed by atoms with Crippen LogP contribution in [0, 0.1) is 0 Å². The van der Waals surface area contributed by atoms with Crippen molar-refractivity contribution in [2.75, 3.05) is 29.4 Å². The lowest BCUT2D eigenvalue weighted by Crippen LogP contribution is -2.58. The summed E-state index contributed by atoms with van der Waals surface area (Å²) in [5.41, 5.74) is 30.1. The zero-order chi connectivity index (χ0) is 60.3. The number of anilines is 17. The summed E-state index contributed by atoms with van der Waals surface area (Å²) in [6.45, 7) is 4.77. The molecule has 18 rings (SSSR count). The summed E-state index contributed by atoms with van der Waals surface area (Å²) in [4.78, 5) is 15.2. The van der Waals surface area contributed by atoms with Crippen molar-refractivity contribution >= 4 is 120 Å². The summed E-state index contributed by atoms with van der Waals surface area (Å²) in [7, 11) is 0. The van der Waals surface area contributed by atoms with Crippen molar-refractivity contribution in [3.05, 3.63) is 361 Å². The zero-order valence-electron chi connectivity index (χ0n) is 50.5.